The van der Waals surface area contributed by atoms with Crippen molar-refractivity contribution in [3.05, 3.63) is 0 Å². The van der Waals surface area contributed by atoms with Crippen LogP contribution in [0.25, 0.3) is 0 Å². The lowest BCUT2D eigenvalue weighted by Gasteiger charge is -1.92. The Morgan fingerprint density at radius 3 is 1.59 bits per heavy atom. The van der Waals surface area contributed by atoms with Crippen molar-refractivity contribution in [1.82, 2.24) is 26.0 Å². The van der Waals surface area contributed by atoms with Crippen LogP contribution in [-0.2, 0) is 0 Å². The topological polar surface area (TPSA) is 60.1 Å². The Labute approximate surface area is 109 Å². The molecule has 0 atom stereocenters. The summed E-state index contributed by atoms with van der Waals surface area (Å²) in [5.41, 5.74) is 0. The van der Waals surface area contributed by atoms with E-state index in [4.69, 9.17) is 0 Å². The zero-order valence-corrected chi connectivity index (χ0v) is 11.5. The molecule has 17 heavy (non-hydrogen) atoms. The van der Waals surface area contributed by atoms with E-state index in [2.05, 4.69) is 26.0 Å². The maximum absolute atomic E-state index is 3.28. The second kappa shape index (κ2) is 12.6. The monoisotopic (exact) mass is 261 g/mol. The van der Waals surface area contributed by atoms with Gasteiger partial charge in [-0.1, -0.05) is 11.9 Å². The summed E-state index contributed by atoms with van der Waals surface area (Å²) >= 11 is 1.82. The van der Waals surface area contributed by atoms with Gasteiger partial charge in [-0.05, 0) is 25.9 Å². The molecule has 102 valence electrons. The van der Waals surface area contributed by atoms with Crippen LogP contribution in [0.15, 0.2) is 0 Å². The van der Waals surface area contributed by atoms with Crippen LogP contribution in [-0.4, -0.2) is 58.2 Å². The average Bonchev–Trinajstić information content (AvgIpc) is 3.04. The molecule has 3 aliphatic rings. The Morgan fingerprint density at radius 1 is 0.588 bits per heavy atom. The number of hydrogen-bond acceptors (Lipinski definition) is 6. The number of nitrogens with one attached hydrogen (secondary N) is 5. The maximum atomic E-state index is 3.28. The van der Waals surface area contributed by atoms with Crippen LogP contribution >= 0.6 is 11.9 Å². The summed E-state index contributed by atoms with van der Waals surface area (Å²) in [6.07, 6.45) is 2.63. The quantitative estimate of drug-likeness (QED) is 0.373. The summed E-state index contributed by atoms with van der Waals surface area (Å²) in [4.78, 5) is 0. The van der Waals surface area contributed by atoms with Gasteiger partial charge in [0.1, 0.15) is 0 Å². The normalized spacial score (nSPS) is 24.0. The van der Waals surface area contributed by atoms with Crippen molar-refractivity contribution in [2.75, 3.05) is 58.2 Å². The van der Waals surface area contributed by atoms with Gasteiger partial charge in [0.2, 0.25) is 0 Å². The van der Waals surface area contributed by atoms with E-state index >= 15 is 0 Å². The first-order valence-corrected chi connectivity index (χ1v) is 7.66. The lowest BCUT2D eigenvalue weighted by molar-refractivity contribution is 0.718. The molecule has 5 nitrogen and oxygen atoms in total. The molecule has 0 aromatic heterocycles. The smallest absolute Gasteiger partial charge is 0.0455 e. The molecule has 3 aliphatic heterocycles. The highest BCUT2D eigenvalue weighted by Crippen LogP contribution is 2.02. The third-order valence-corrected chi connectivity index (χ3v) is 3.44. The Bertz CT molecular complexity index is 106. The summed E-state index contributed by atoms with van der Waals surface area (Å²) in [6.45, 7) is 9.14. The molecule has 6 heteroatoms. The van der Waals surface area contributed by atoms with Gasteiger partial charge in [-0.15, -0.1) is 0 Å². The highest BCUT2D eigenvalue weighted by atomic mass is 32.2. The fourth-order valence-corrected chi connectivity index (χ4v) is 2.29. The van der Waals surface area contributed by atoms with Gasteiger partial charge in [-0.3, -0.25) is 4.72 Å². The van der Waals surface area contributed by atoms with Crippen LogP contribution in [0.2, 0.25) is 0 Å². The van der Waals surface area contributed by atoms with E-state index in [1.54, 1.807) is 0 Å². The van der Waals surface area contributed by atoms with Gasteiger partial charge < -0.3 is 21.3 Å². The first-order valence-electron chi connectivity index (χ1n) is 6.67. The average molecular weight is 261 g/mol. The second-order valence-electron chi connectivity index (χ2n) is 4.13. The predicted octanol–water partition coefficient (Wildman–Crippen LogP) is -0.666. The summed E-state index contributed by atoms with van der Waals surface area (Å²) in [5.74, 6) is 1.31. The summed E-state index contributed by atoms with van der Waals surface area (Å²) in [6, 6.07) is 0. The van der Waals surface area contributed by atoms with E-state index in [1.165, 1.54) is 38.2 Å². The minimum absolute atomic E-state index is 1.00. The second-order valence-corrected chi connectivity index (χ2v) is 5.11. The molecule has 0 saturated carbocycles. The molecule has 0 bridgehead atoms. The molecule has 0 amide bonds. The first-order chi connectivity index (χ1) is 8.50. The van der Waals surface area contributed by atoms with E-state index < -0.39 is 0 Å². The fraction of sp³-hybridized carbons (Fsp3) is 1.00. The third kappa shape index (κ3) is 11.0. The minimum Gasteiger partial charge on any atom is -0.315 e. The van der Waals surface area contributed by atoms with Crippen LogP contribution in [0, 0.1) is 0 Å². The Kier molecular flexibility index (Phi) is 11.3. The lowest BCUT2D eigenvalue weighted by Crippen LogP contribution is -2.21. The van der Waals surface area contributed by atoms with Crippen molar-refractivity contribution < 1.29 is 0 Å². The van der Waals surface area contributed by atoms with Gasteiger partial charge in [0, 0.05) is 45.1 Å². The van der Waals surface area contributed by atoms with E-state index in [-0.39, 0.29) is 0 Å². The van der Waals surface area contributed by atoms with Gasteiger partial charge in [-0.2, -0.15) is 0 Å². The Hall–Kier alpha value is 0.150. The van der Waals surface area contributed by atoms with Gasteiger partial charge in [-0.25, -0.2) is 0 Å². The van der Waals surface area contributed by atoms with Crippen molar-refractivity contribution in [2.24, 2.45) is 0 Å². The Balaban J connectivity index is 0.000000130. The van der Waals surface area contributed by atoms with Gasteiger partial charge in [0.25, 0.3) is 0 Å². The molecule has 0 spiro atoms. The van der Waals surface area contributed by atoms with Gasteiger partial charge >= 0.3 is 0 Å². The Morgan fingerprint density at radius 2 is 1.24 bits per heavy atom. The predicted molar refractivity (Wildman–Crippen MR) is 76.3 cm³/mol. The summed E-state index contributed by atoms with van der Waals surface area (Å²) in [7, 11) is 0. The molecule has 0 radical (unpaired) electrons. The largest absolute Gasteiger partial charge is 0.315 e. The third-order valence-electron chi connectivity index (χ3n) is 2.54. The van der Waals surface area contributed by atoms with Crippen LogP contribution < -0.4 is 26.0 Å². The zero-order chi connectivity index (χ0) is 12.0. The molecule has 3 heterocycles. The molecule has 0 aromatic carbocycles. The molecule has 0 aliphatic carbocycles. The van der Waals surface area contributed by atoms with Crippen LogP contribution in [0.3, 0.4) is 0 Å². The molecular formula is C11H27N5S. The van der Waals surface area contributed by atoms with Crippen molar-refractivity contribution >= 4 is 11.9 Å². The highest BCUT2D eigenvalue weighted by Gasteiger charge is 1.94. The summed E-state index contributed by atoms with van der Waals surface area (Å²) < 4.78 is 3.14. The maximum Gasteiger partial charge on any atom is 0.0455 e. The van der Waals surface area contributed by atoms with Crippen molar-refractivity contribution in [1.29, 1.82) is 0 Å². The molecule has 3 fully saturated rings. The van der Waals surface area contributed by atoms with E-state index in [0.717, 1.165) is 32.8 Å². The standard InChI is InChI=1S/C5H12N2.C3H8N2.C3H7NS/c1-2-6-4-5-7-3-1;1-2-5-3-4-1;1-2-4-5-3-1/h6-7H,1-5H2;4-5H,1-3H2;4H,1-3H2. The minimum atomic E-state index is 1.00. The van der Waals surface area contributed by atoms with E-state index in [1.807, 2.05) is 11.9 Å². The van der Waals surface area contributed by atoms with Crippen molar-refractivity contribution in [2.45, 2.75) is 12.8 Å². The van der Waals surface area contributed by atoms with Gasteiger partial charge in [0.15, 0.2) is 0 Å². The molecule has 0 aromatic rings. The molecular weight excluding hydrogens is 234 g/mol. The van der Waals surface area contributed by atoms with Crippen molar-refractivity contribution in [3.63, 3.8) is 0 Å². The van der Waals surface area contributed by atoms with Crippen LogP contribution in [0.1, 0.15) is 12.8 Å². The molecule has 3 saturated heterocycles. The highest BCUT2D eigenvalue weighted by molar-refractivity contribution is 7.97. The fourth-order valence-electron chi connectivity index (χ4n) is 1.57. The van der Waals surface area contributed by atoms with Crippen LogP contribution in [0.5, 0.6) is 0 Å². The van der Waals surface area contributed by atoms with Gasteiger partial charge in [0.05, 0.1) is 0 Å². The first kappa shape index (κ1) is 15.2. The van der Waals surface area contributed by atoms with E-state index in [9.17, 15) is 0 Å². The van der Waals surface area contributed by atoms with Crippen LogP contribution in [0.4, 0.5) is 0 Å². The SMILES string of the molecule is C1CNCCNC1.C1CNCN1.C1CNSC1. The number of rotatable bonds is 0. The summed E-state index contributed by atoms with van der Waals surface area (Å²) in [5, 5.41) is 12.8. The molecule has 0 unspecified atom stereocenters. The zero-order valence-electron chi connectivity index (χ0n) is 10.7. The van der Waals surface area contributed by atoms with E-state index in [0.29, 0.717) is 0 Å². The lowest BCUT2D eigenvalue weighted by atomic mass is 10.4. The van der Waals surface area contributed by atoms with Crippen molar-refractivity contribution in [3.8, 4) is 0 Å². The molecule has 3 rings (SSSR count). The number of hydrogen-bond donors (Lipinski definition) is 5. The molecule has 5 N–H and O–H groups in total.